The van der Waals surface area contributed by atoms with Gasteiger partial charge in [-0.05, 0) is 36.8 Å². The van der Waals surface area contributed by atoms with Crippen molar-refractivity contribution in [2.24, 2.45) is 0 Å². The number of benzene rings is 1. The van der Waals surface area contributed by atoms with Crippen molar-refractivity contribution >= 4 is 33.8 Å². The maximum atomic E-state index is 11.8. The summed E-state index contributed by atoms with van der Waals surface area (Å²) >= 11 is 3.80. The molecule has 6 nitrogen and oxygen atoms in total. The number of nitrogens with one attached hydrogen (secondary N) is 1. The molecule has 1 rings (SSSR count). The van der Waals surface area contributed by atoms with Gasteiger partial charge in [0.05, 0.1) is 0 Å². The molecule has 0 radical (unpaired) electrons. The first-order valence-corrected chi connectivity index (χ1v) is 12.3. The van der Waals surface area contributed by atoms with Gasteiger partial charge in [0.1, 0.15) is 18.8 Å². The van der Waals surface area contributed by atoms with Crippen LogP contribution in [-0.4, -0.2) is 41.4 Å². The van der Waals surface area contributed by atoms with Crippen LogP contribution in [0.15, 0.2) is 24.3 Å². The first-order chi connectivity index (χ1) is 15.2. The zero-order valence-electron chi connectivity index (χ0n) is 19.9. The van der Waals surface area contributed by atoms with Crippen LogP contribution >= 0.6 is 15.9 Å². The molecule has 0 saturated carbocycles. The maximum Gasteiger partial charge on any atom is 0.302 e. The van der Waals surface area contributed by atoms with Gasteiger partial charge < -0.3 is 14.8 Å². The average molecular weight is 512 g/mol. The largest absolute Gasteiger partial charge is 0.463 e. The van der Waals surface area contributed by atoms with Crippen LogP contribution in [0.3, 0.4) is 0 Å². The van der Waals surface area contributed by atoms with E-state index in [2.05, 4.69) is 52.4 Å². The van der Waals surface area contributed by atoms with Crippen molar-refractivity contribution in [3.8, 4) is 0 Å². The van der Waals surface area contributed by atoms with Crippen molar-refractivity contribution in [3.05, 3.63) is 35.4 Å². The fourth-order valence-electron chi connectivity index (χ4n) is 3.55. The van der Waals surface area contributed by atoms with Crippen LogP contribution in [-0.2, 0) is 36.7 Å². The number of amides is 1. The van der Waals surface area contributed by atoms with Gasteiger partial charge in [-0.25, -0.2) is 0 Å². The molecule has 0 aliphatic rings. The molecule has 32 heavy (non-hydrogen) atoms. The molecule has 0 spiro atoms. The lowest BCUT2D eigenvalue weighted by Crippen LogP contribution is -2.55. The number of esters is 2. The number of rotatable bonds is 15. The van der Waals surface area contributed by atoms with Gasteiger partial charge in [0.15, 0.2) is 0 Å². The van der Waals surface area contributed by atoms with E-state index < -0.39 is 17.5 Å². The van der Waals surface area contributed by atoms with E-state index in [1.165, 1.54) is 58.4 Å². The molecule has 0 heterocycles. The minimum absolute atomic E-state index is 0.0590. The second kappa shape index (κ2) is 15.0. The normalized spacial score (nSPS) is 12.2. The van der Waals surface area contributed by atoms with Gasteiger partial charge in [-0.1, -0.05) is 72.8 Å². The number of alkyl halides is 1. The molecule has 0 aromatic heterocycles. The summed E-state index contributed by atoms with van der Waals surface area (Å²) < 4.78 is 10.4. The first-order valence-electron chi connectivity index (χ1n) is 11.4. The molecular weight excluding hydrogens is 474 g/mol. The van der Waals surface area contributed by atoms with Gasteiger partial charge in [-0.3, -0.25) is 14.4 Å². The Balaban J connectivity index is 2.75. The molecule has 1 aromatic rings. The summed E-state index contributed by atoms with van der Waals surface area (Å²) in [5.41, 5.74) is 1.41. The summed E-state index contributed by atoms with van der Waals surface area (Å²) in [6.45, 7) is 6.12. The molecule has 0 bridgehead atoms. The van der Waals surface area contributed by atoms with Crippen molar-refractivity contribution in [2.75, 3.05) is 13.2 Å². The van der Waals surface area contributed by atoms with E-state index >= 15 is 0 Å². The number of unbranched alkanes of at least 4 members (excludes halogenated alkanes) is 3. The zero-order chi connectivity index (χ0) is 24.0. The van der Waals surface area contributed by atoms with Crippen molar-refractivity contribution < 1.29 is 23.9 Å². The zero-order valence-corrected chi connectivity index (χ0v) is 21.5. The summed E-state index contributed by atoms with van der Waals surface area (Å²) in [5, 5.41) is 2.84. The summed E-state index contributed by atoms with van der Waals surface area (Å²) in [7, 11) is 0. The third kappa shape index (κ3) is 12.2. The third-order valence-electron chi connectivity index (χ3n) is 5.29. The van der Waals surface area contributed by atoms with Crippen LogP contribution in [0.1, 0.15) is 77.3 Å². The number of hydrogen-bond donors (Lipinski definition) is 1. The van der Waals surface area contributed by atoms with Gasteiger partial charge in [0, 0.05) is 25.6 Å². The van der Waals surface area contributed by atoms with Crippen LogP contribution in [0.2, 0.25) is 0 Å². The second-order valence-electron chi connectivity index (χ2n) is 8.49. The SMILES string of the molecule is CCCCCCC(Br)Cc1ccc(CCC(COC(C)=O)(COC(C)=O)NC(C)=O)cc1. The molecule has 180 valence electrons. The van der Waals surface area contributed by atoms with E-state index in [-0.39, 0.29) is 19.1 Å². The van der Waals surface area contributed by atoms with Crippen molar-refractivity contribution in [1.82, 2.24) is 5.32 Å². The van der Waals surface area contributed by atoms with E-state index in [1.54, 1.807) is 0 Å². The van der Waals surface area contributed by atoms with E-state index in [0.717, 1.165) is 12.0 Å². The van der Waals surface area contributed by atoms with Crippen LogP contribution < -0.4 is 5.32 Å². The van der Waals surface area contributed by atoms with Crippen LogP contribution in [0, 0.1) is 0 Å². The summed E-state index contributed by atoms with van der Waals surface area (Å²) in [6, 6.07) is 8.44. The average Bonchev–Trinajstić information content (AvgIpc) is 2.73. The minimum atomic E-state index is -0.971. The predicted octanol–water partition coefficient (Wildman–Crippen LogP) is 4.90. The molecular formula is C25H38BrNO5. The highest BCUT2D eigenvalue weighted by Crippen LogP contribution is 2.20. The molecule has 1 unspecified atom stereocenters. The van der Waals surface area contributed by atoms with Gasteiger partial charge in [0.25, 0.3) is 0 Å². The molecule has 0 aliphatic heterocycles. The van der Waals surface area contributed by atoms with Crippen molar-refractivity contribution in [1.29, 1.82) is 0 Å². The highest BCUT2D eigenvalue weighted by atomic mass is 79.9. The van der Waals surface area contributed by atoms with Gasteiger partial charge >= 0.3 is 11.9 Å². The monoisotopic (exact) mass is 511 g/mol. The number of carbonyl (C=O) groups excluding carboxylic acids is 3. The van der Waals surface area contributed by atoms with Gasteiger partial charge in [-0.2, -0.15) is 0 Å². The van der Waals surface area contributed by atoms with Crippen molar-refractivity contribution in [2.45, 2.75) is 89.4 Å². The lowest BCUT2D eigenvalue weighted by molar-refractivity contribution is -0.150. The molecule has 0 aliphatic carbocycles. The standard InChI is InChI=1S/C25H38BrNO5/c1-5-6-7-8-9-24(26)16-23-12-10-22(11-13-23)14-15-25(27-19(2)28,17-31-20(3)29)18-32-21(4)30/h10-13,24H,5-9,14-18H2,1-4H3,(H,27,28). The Hall–Kier alpha value is -1.89. The smallest absolute Gasteiger partial charge is 0.302 e. The Labute approximate surface area is 200 Å². The lowest BCUT2D eigenvalue weighted by Gasteiger charge is -2.33. The van der Waals surface area contributed by atoms with E-state index in [0.29, 0.717) is 17.7 Å². The fraction of sp³-hybridized carbons (Fsp3) is 0.640. The Bertz CT molecular complexity index is 702. The topological polar surface area (TPSA) is 81.7 Å². The lowest BCUT2D eigenvalue weighted by atomic mass is 9.91. The first kappa shape index (κ1) is 28.1. The molecule has 1 atom stereocenters. The number of hydrogen-bond acceptors (Lipinski definition) is 5. The fourth-order valence-corrected chi connectivity index (χ4v) is 4.25. The van der Waals surface area contributed by atoms with E-state index in [9.17, 15) is 14.4 Å². The Morgan fingerprint density at radius 1 is 0.938 bits per heavy atom. The van der Waals surface area contributed by atoms with E-state index in [1.807, 2.05) is 0 Å². The summed E-state index contributed by atoms with van der Waals surface area (Å²) in [6.07, 6.45) is 8.34. The van der Waals surface area contributed by atoms with Crippen LogP contribution in [0.4, 0.5) is 0 Å². The number of carbonyl (C=O) groups is 3. The van der Waals surface area contributed by atoms with Crippen molar-refractivity contribution in [3.63, 3.8) is 0 Å². The Kier molecular flexibility index (Phi) is 13.2. The van der Waals surface area contributed by atoms with Gasteiger partial charge in [-0.15, -0.1) is 0 Å². The molecule has 1 N–H and O–H groups in total. The number of halogens is 1. The molecule has 7 heteroatoms. The summed E-state index contributed by atoms with van der Waals surface area (Å²) in [4.78, 5) is 35.0. The highest BCUT2D eigenvalue weighted by molar-refractivity contribution is 9.09. The molecule has 1 amide bonds. The highest BCUT2D eigenvalue weighted by Gasteiger charge is 2.34. The van der Waals surface area contributed by atoms with Gasteiger partial charge in [0.2, 0.25) is 5.91 Å². The third-order valence-corrected chi connectivity index (χ3v) is 6.07. The maximum absolute atomic E-state index is 11.8. The number of ether oxygens (including phenoxy) is 2. The number of aryl methyl sites for hydroxylation is 1. The Morgan fingerprint density at radius 2 is 1.50 bits per heavy atom. The minimum Gasteiger partial charge on any atom is -0.463 e. The predicted molar refractivity (Wildman–Crippen MR) is 130 cm³/mol. The quantitative estimate of drug-likeness (QED) is 0.206. The van der Waals surface area contributed by atoms with Crippen LogP contribution in [0.5, 0.6) is 0 Å². The van der Waals surface area contributed by atoms with Crippen LogP contribution in [0.25, 0.3) is 0 Å². The Morgan fingerprint density at radius 3 is 2.00 bits per heavy atom. The molecule has 0 fully saturated rings. The van der Waals surface area contributed by atoms with E-state index in [4.69, 9.17) is 9.47 Å². The second-order valence-corrected chi connectivity index (χ2v) is 9.78. The summed E-state index contributed by atoms with van der Waals surface area (Å²) in [5.74, 6) is -1.18. The molecule has 0 saturated heterocycles. The molecule has 1 aromatic carbocycles.